The van der Waals surface area contributed by atoms with E-state index in [0.717, 1.165) is 36.2 Å². The number of anilines is 2. The number of ether oxygens (including phenoxy) is 1. The number of benzene rings is 2. The van der Waals surface area contributed by atoms with Crippen molar-refractivity contribution >= 4 is 41.0 Å². The number of carbonyl (C=O) groups is 3. The standard InChI is InChI=1S/C29H40ClN5O4/c1-29(2,3)39-28(38)32-17-13-21-5-9-23(10-6-21)33-24-15-19-35(20-16-24)27(37)31-18-14-26(36)34(4)25-11-7-22(30)8-12-25/h5-12,24,33H,13-20H2,1-4H3,(H,31,37)(H,32,38). The zero-order chi connectivity index (χ0) is 28.4. The van der Waals surface area contributed by atoms with Crippen LogP contribution in [0.15, 0.2) is 48.5 Å². The van der Waals surface area contributed by atoms with Crippen LogP contribution in [0.4, 0.5) is 21.0 Å². The van der Waals surface area contributed by atoms with Crippen molar-refractivity contribution in [3.63, 3.8) is 0 Å². The van der Waals surface area contributed by atoms with Crippen molar-refractivity contribution in [3.8, 4) is 0 Å². The molecule has 1 heterocycles. The summed E-state index contributed by atoms with van der Waals surface area (Å²) in [4.78, 5) is 40.1. The largest absolute Gasteiger partial charge is 0.444 e. The highest BCUT2D eigenvalue weighted by molar-refractivity contribution is 6.30. The Kier molecular flexibility index (Phi) is 10.9. The minimum atomic E-state index is -0.506. The van der Waals surface area contributed by atoms with Crippen LogP contribution >= 0.6 is 11.6 Å². The molecule has 1 aliphatic rings. The van der Waals surface area contributed by atoms with Gasteiger partial charge in [-0.05, 0) is 82.0 Å². The van der Waals surface area contributed by atoms with Crippen molar-refractivity contribution in [2.45, 2.75) is 58.1 Å². The van der Waals surface area contributed by atoms with Gasteiger partial charge in [0.25, 0.3) is 0 Å². The third-order valence-electron chi connectivity index (χ3n) is 6.39. The lowest BCUT2D eigenvalue weighted by Crippen LogP contribution is -2.47. The van der Waals surface area contributed by atoms with Gasteiger partial charge in [0, 0.05) is 62.1 Å². The average Bonchev–Trinajstić information content (AvgIpc) is 2.89. The molecule has 3 rings (SSSR count). The molecule has 2 aromatic carbocycles. The minimum absolute atomic E-state index is 0.0779. The molecule has 2 aromatic rings. The fourth-order valence-electron chi connectivity index (χ4n) is 4.22. The third-order valence-corrected chi connectivity index (χ3v) is 6.64. The van der Waals surface area contributed by atoms with E-state index in [4.69, 9.17) is 16.3 Å². The predicted molar refractivity (Wildman–Crippen MR) is 155 cm³/mol. The van der Waals surface area contributed by atoms with E-state index in [2.05, 4.69) is 16.0 Å². The quantitative estimate of drug-likeness (QED) is 0.400. The first-order chi connectivity index (χ1) is 18.5. The maximum atomic E-state index is 12.6. The molecule has 0 aliphatic carbocycles. The van der Waals surface area contributed by atoms with Gasteiger partial charge in [0.15, 0.2) is 0 Å². The van der Waals surface area contributed by atoms with Crippen LogP contribution in [-0.2, 0) is 16.0 Å². The van der Waals surface area contributed by atoms with Gasteiger partial charge in [0.2, 0.25) is 5.91 Å². The second-order valence-corrected chi connectivity index (χ2v) is 11.1. The van der Waals surface area contributed by atoms with Crippen molar-refractivity contribution in [2.75, 3.05) is 43.4 Å². The van der Waals surface area contributed by atoms with Crippen LogP contribution in [0.1, 0.15) is 45.6 Å². The van der Waals surface area contributed by atoms with E-state index in [1.807, 2.05) is 45.0 Å². The third kappa shape index (κ3) is 10.3. The monoisotopic (exact) mass is 557 g/mol. The first kappa shape index (κ1) is 30.1. The SMILES string of the molecule is CN(C(=O)CCNC(=O)N1CCC(Nc2ccc(CCNC(=O)OC(C)(C)C)cc2)CC1)c1ccc(Cl)cc1. The van der Waals surface area contributed by atoms with Crippen LogP contribution in [-0.4, -0.2) is 67.8 Å². The Morgan fingerprint density at radius 2 is 1.62 bits per heavy atom. The number of hydrogen-bond donors (Lipinski definition) is 3. The molecule has 4 amide bonds. The molecule has 0 aromatic heterocycles. The van der Waals surface area contributed by atoms with Crippen LogP contribution in [0.25, 0.3) is 0 Å². The van der Waals surface area contributed by atoms with Gasteiger partial charge in [-0.1, -0.05) is 23.7 Å². The van der Waals surface area contributed by atoms with E-state index >= 15 is 0 Å². The molecule has 9 nitrogen and oxygen atoms in total. The molecule has 1 saturated heterocycles. The molecule has 0 bridgehead atoms. The summed E-state index contributed by atoms with van der Waals surface area (Å²) in [6.45, 7) is 7.61. The van der Waals surface area contributed by atoms with Crippen molar-refractivity contribution in [3.05, 3.63) is 59.1 Å². The molecule has 1 aliphatic heterocycles. The van der Waals surface area contributed by atoms with E-state index in [9.17, 15) is 14.4 Å². The minimum Gasteiger partial charge on any atom is -0.444 e. The maximum Gasteiger partial charge on any atom is 0.407 e. The predicted octanol–water partition coefficient (Wildman–Crippen LogP) is 5.05. The Bertz CT molecular complexity index is 1090. The molecule has 0 saturated carbocycles. The van der Waals surface area contributed by atoms with Gasteiger partial charge in [0.1, 0.15) is 5.60 Å². The van der Waals surface area contributed by atoms with E-state index in [1.165, 1.54) is 0 Å². The number of urea groups is 1. The molecule has 39 heavy (non-hydrogen) atoms. The summed E-state index contributed by atoms with van der Waals surface area (Å²) in [7, 11) is 1.71. The van der Waals surface area contributed by atoms with Gasteiger partial charge in [-0.25, -0.2) is 9.59 Å². The van der Waals surface area contributed by atoms with Gasteiger partial charge in [0.05, 0.1) is 0 Å². The Hall–Kier alpha value is -3.46. The Morgan fingerprint density at radius 1 is 0.974 bits per heavy atom. The summed E-state index contributed by atoms with van der Waals surface area (Å²) < 4.78 is 5.25. The van der Waals surface area contributed by atoms with Crippen LogP contribution in [0.2, 0.25) is 5.02 Å². The maximum absolute atomic E-state index is 12.6. The van der Waals surface area contributed by atoms with Crippen LogP contribution < -0.4 is 20.9 Å². The van der Waals surface area contributed by atoms with E-state index in [1.54, 1.807) is 41.1 Å². The molecular weight excluding hydrogens is 518 g/mol. The van der Waals surface area contributed by atoms with Gasteiger partial charge >= 0.3 is 12.1 Å². The molecule has 0 atom stereocenters. The summed E-state index contributed by atoms with van der Waals surface area (Å²) in [6.07, 6.45) is 2.21. The van der Waals surface area contributed by atoms with Crippen LogP contribution in [0.3, 0.4) is 0 Å². The van der Waals surface area contributed by atoms with E-state index < -0.39 is 11.7 Å². The molecule has 1 fully saturated rings. The molecule has 0 radical (unpaired) electrons. The van der Waals surface area contributed by atoms with Crippen molar-refractivity contribution in [1.82, 2.24) is 15.5 Å². The van der Waals surface area contributed by atoms with Crippen molar-refractivity contribution in [2.24, 2.45) is 0 Å². The molecule has 10 heteroatoms. The van der Waals surface area contributed by atoms with Gasteiger partial charge in [-0.15, -0.1) is 0 Å². The Labute approximate surface area is 236 Å². The van der Waals surface area contributed by atoms with Gasteiger partial charge < -0.3 is 30.5 Å². The number of nitrogens with zero attached hydrogens (tertiary/aromatic N) is 2. The summed E-state index contributed by atoms with van der Waals surface area (Å²) in [6, 6.07) is 15.4. The van der Waals surface area contributed by atoms with Crippen LogP contribution in [0, 0.1) is 0 Å². The zero-order valence-electron chi connectivity index (χ0n) is 23.3. The lowest BCUT2D eigenvalue weighted by Gasteiger charge is -2.33. The zero-order valence-corrected chi connectivity index (χ0v) is 24.0. The molecule has 212 valence electrons. The second-order valence-electron chi connectivity index (χ2n) is 10.7. The highest BCUT2D eigenvalue weighted by atomic mass is 35.5. The van der Waals surface area contributed by atoms with Crippen molar-refractivity contribution < 1.29 is 19.1 Å². The van der Waals surface area contributed by atoms with E-state index in [0.29, 0.717) is 24.7 Å². The van der Waals surface area contributed by atoms with Gasteiger partial charge in [-0.2, -0.15) is 0 Å². The Morgan fingerprint density at radius 3 is 2.23 bits per heavy atom. The summed E-state index contributed by atoms with van der Waals surface area (Å²) in [5.41, 5.74) is 2.41. The number of halogens is 1. The Balaban J connectivity index is 1.32. The highest BCUT2D eigenvalue weighted by Gasteiger charge is 2.23. The van der Waals surface area contributed by atoms with E-state index in [-0.39, 0.29) is 30.9 Å². The van der Waals surface area contributed by atoms with Gasteiger partial charge in [-0.3, -0.25) is 4.79 Å². The van der Waals surface area contributed by atoms with Crippen molar-refractivity contribution in [1.29, 1.82) is 0 Å². The molecule has 3 N–H and O–H groups in total. The summed E-state index contributed by atoms with van der Waals surface area (Å²) >= 11 is 5.91. The topological polar surface area (TPSA) is 103 Å². The molecular formula is C29H40ClN5O4. The average molecular weight is 558 g/mol. The number of hydrogen-bond acceptors (Lipinski definition) is 5. The van der Waals surface area contributed by atoms with Crippen LogP contribution in [0.5, 0.6) is 0 Å². The fourth-order valence-corrected chi connectivity index (χ4v) is 4.34. The second kappa shape index (κ2) is 14.1. The number of piperidine rings is 1. The number of amides is 4. The number of nitrogens with one attached hydrogen (secondary N) is 3. The molecule has 0 unspecified atom stereocenters. The summed E-state index contributed by atoms with van der Waals surface area (Å²) in [5.74, 6) is -0.0779. The lowest BCUT2D eigenvalue weighted by atomic mass is 10.0. The number of carbonyl (C=O) groups excluding carboxylic acids is 3. The number of likely N-dealkylation sites (tertiary alicyclic amines) is 1. The lowest BCUT2D eigenvalue weighted by molar-refractivity contribution is -0.118. The smallest absolute Gasteiger partial charge is 0.407 e. The first-order valence-corrected chi connectivity index (χ1v) is 13.8. The fraction of sp³-hybridized carbons (Fsp3) is 0.483. The number of rotatable bonds is 9. The number of alkyl carbamates (subject to hydrolysis) is 1. The normalized spacial score (nSPS) is 13.9. The summed E-state index contributed by atoms with van der Waals surface area (Å²) in [5, 5.41) is 9.81. The first-order valence-electron chi connectivity index (χ1n) is 13.4. The highest BCUT2D eigenvalue weighted by Crippen LogP contribution is 2.19. The molecule has 0 spiro atoms.